The van der Waals surface area contributed by atoms with Crippen molar-refractivity contribution < 1.29 is 19.8 Å². The number of aromatic carboxylic acids is 1. The van der Waals surface area contributed by atoms with Crippen molar-refractivity contribution in [3.05, 3.63) is 23.8 Å². The van der Waals surface area contributed by atoms with Crippen molar-refractivity contribution in [2.75, 3.05) is 5.32 Å². The van der Waals surface area contributed by atoms with Gasteiger partial charge in [-0.3, -0.25) is 4.79 Å². The summed E-state index contributed by atoms with van der Waals surface area (Å²) in [6, 6.07) is 3.74. The number of nitrogens with one attached hydrogen (secondary N) is 1. The highest BCUT2D eigenvalue weighted by Crippen LogP contribution is 2.21. The zero-order valence-corrected chi connectivity index (χ0v) is 9.15. The molecule has 6 heteroatoms. The number of carboxylic acid groups (broad SMARTS) is 1. The van der Waals surface area contributed by atoms with E-state index in [1.54, 1.807) is 0 Å². The van der Waals surface area contributed by atoms with E-state index in [1.807, 2.05) is 0 Å². The SMILES string of the molecule is C[C@H](Cl)C(=O)Nc1ccc(O)c(C(=O)O)c1. The minimum Gasteiger partial charge on any atom is -0.507 e. The monoisotopic (exact) mass is 243 g/mol. The van der Waals surface area contributed by atoms with E-state index in [9.17, 15) is 14.7 Å². The number of carbonyl (C=O) groups is 2. The van der Waals surface area contributed by atoms with Gasteiger partial charge in [0, 0.05) is 5.69 Å². The first-order valence-corrected chi connectivity index (χ1v) is 4.86. The fraction of sp³-hybridized carbons (Fsp3) is 0.200. The first-order valence-electron chi connectivity index (χ1n) is 4.43. The second-order valence-corrected chi connectivity index (χ2v) is 3.80. The van der Waals surface area contributed by atoms with E-state index >= 15 is 0 Å². The first-order chi connectivity index (χ1) is 7.41. The zero-order chi connectivity index (χ0) is 12.3. The van der Waals surface area contributed by atoms with Crippen LogP contribution in [-0.4, -0.2) is 27.5 Å². The molecule has 1 rings (SSSR count). The van der Waals surface area contributed by atoms with Gasteiger partial charge >= 0.3 is 5.97 Å². The number of halogens is 1. The van der Waals surface area contributed by atoms with Gasteiger partial charge in [-0.1, -0.05) is 0 Å². The van der Waals surface area contributed by atoms with Gasteiger partial charge < -0.3 is 15.5 Å². The molecule has 16 heavy (non-hydrogen) atoms. The van der Waals surface area contributed by atoms with Gasteiger partial charge in [0.1, 0.15) is 16.7 Å². The topological polar surface area (TPSA) is 86.6 Å². The molecule has 0 fully saturated rings. The van der Waals surface area contributed by atoms with Crippen LogP contribution in [-0.2, 0) is 4.79 Å². The van der Waals surface area contributed by atoms with Crippen molar-refractivity contribution in [2.45, 2.75) is 12.3 Å². The molecule has 0 saturated heterocycles. The smallest absolute Gasteiger partial charge is 0.339 e. The number of phenols is 1. The van der Waals surface area contributed by atoms with E-state index in [0.717, 1.165) is 6.07 Å². The second kappa shape index (κ2) is 4.85. The Morgan fingerprint density at radius 3 is 2.56 bits per heavy atom. The van der Waals surface area contributed by atoms with Gasteiger partial charge in [0.2, 0.25) is 5.91 Å². The Hall–Kier alpha value is -1.75. The van der Waals surface area contributed by atoms with Crippen molar-refractivity contribution in [2.24, 2.45) is 0 Å². The van der Waals surface area contributed by atoms with Crippen LogP contribution in [0.15, 0.2) is 18.2 Å². The zero-order valence-electron chi connectivity index (χ0n) is 8.40. The largest absolute Gasteiger partial charge is 0.507 e. The van der Waals surface area contributed by atoms with Crippen LogP contribution in [0.1, 0.15) is 17.3 Å². The van der Waals surface area contributed by atoms with Crippen LogP contribution in [0.2, 0.25) is 0 Å². The van der Waals surface area contributed by atoms with Crippen LogP contribution in [0.5, 0.6) is 5.75 Å². The Bertz CT molecular complexity index is 431. The van der Waals surface area contributed by atoms with Crippen LogP contribution >= 0.6 is 11.6 Å². The number of benzene rings is 1. The lowest BCUT2D eigenvalue weighted by Gasteiger charge is -2.07. The Kier molecular flexibility index (Phi) is 3.73. The van der Waals surface area contributed by atoms with Gasteiger partial charge in [0.15, 0.2) is 0 Å². The number of rotatable bonds is 3. The average Bonchev–Trinajstić information content (AvgIpc) is 2.20. The Morgan fingerprint density at radius 2 is 2.06 bits per heavy atom. The van der Waals surface area contributed by atoms with Crippen LogP contribution in [0, 0.1) is 0 Å². The van der Waals surface area contributed by atoms with E-state index in [2.05, 4.69) is 5.32 Å². The summed E-state index contributed by atoms with van der Waals surface area (Å²) in [4.78, 5) is 21.9. The van der Waals surface area contributed by atoms with Crippen LogP contribution in [0.4, 0.5) is 5.69 Å². The summed E-state index contributed by atoms with van der Waals surface area (Å²) in [7, 11) is 0. The standard InChI is InChI=1S/C10H10ClNO4/c1-5(11)9(14)12-6-2-3-8(13)7(4-6)10(15)16/h2-5,13H,1H3,(H,12,14)(H,15,16)/t5-/m0/s1. The quantitative estimate of drug-likeness (QED) is 0.557. The number of carbonyl (C=O) groups excluding carboxylic acids is 1. The molecule has 5 nitrogen and oxygen atoms in total. The molecule has 0 saturated carbocycles. The molecule has 0 bridgehead atoms. The summed E-state index contributed by atoms with van der Waals surface area (Å²) < 4.78 is 0. The second-order valence-electron chi connectivity index (χ2n) is 3.14. The van der Waals surface area contributed by atoms with Crippen LogP contribution in [0.3, 0.4) is 0 Å². The first kappa shape index (κ1) is 12.3. The average molecular weight is 244 g/mol. The predicted octanol–water partition coefficient (Wildman–Crippen LogP) is 1.66. The fourth-order valence-corrected chi connectivity index (χ4v) is 1.08. The van der Waals surface area contributed by atoms with Crippen molar-refractivity contribution in [3.8, 4) is 5.75 Å². The molecular formula is C10H10ClNO4. The number of hydrogen-bond donors (Lipinski definition) is 3. The molecule has 1 atom stereocenters. The van der Waals surface area contributed by atoms with Crippen molar-refractivity contribution >= 4 is 29.2 Å². The molecule has 86 valence electrons. The predicted molar refractivity (Wildman–Crippen MR) is 59.0 cm³/mol. The lowest BCUT2D eigenvalue weighted by Crippen LogP contribution is -2.20. The third-order valence-corrected chi connectivity index (χ3v) is 2.05. The molecule has 3 N–H and O–H groups in total. The van der Waals surface area contributed by atoms with Crippen molar-refractivity contribution in [1.29, 1.82) is 0 Å². The number of hydrogen-bond acceptors (Lipinski definition) is 3. The Labute approximate surface area is 96.7 Å². The number of aromatic hydroxyl groups is 1. The van der Waals surface area contributed by atoms with Crippen molar-refractivity contribution in [1.82, 2.24) is 0 Å². The third-order valence-electron chi connectivity index (χ3n) is 1.86. The van der Waals surface area contributed by atoms with E-state index in [1.165, 1.54) is 19.1 Å². The summed E-state index contributed by atoms with van der Waals surface area (Å²) in [5.41, 5.74) is -0.00674. The lowest BCUT2D eigenvalue weighted by atomic mass is 10.2. The van der Waals surface area contributed by atoms with Crippen LogP contribution in [0.25, 0.3) is 0 Å². The lowest BCUT2D eigenvalue weighted by molar-refractivity contribution is -0.115. The molecule has 1 amide bonds. The summed E-state index contributed by atoms with van der Waals surface area (Å²) in [6.45, 7) is 1.50. The molecule has 0 unspecified atom stereocenters. The maximum Gasteiger partial charge on any atom is 0.339 e. The number of anilines is 1. The highest BCUT2D eigenvalue weighted by atomic mass is 35.5. The molecular weight excluding hydrogens is 234 g/mol. The molecule has 0 aromatic heterocycles. The molecule has 0 aliphatic heterocycles. The number of amides is 1. The van der Waals surface area contributed by atoms with Gasteiger partial charge in [-0.2, -0.15) is 0 Å². The molecule has 0 heterocycles. The van der Waals surface area contributed by atoms with Gasteiger partial charge in [-0.15, -0.1) is 11.6 Å². The Balaban J connectivity index is 2.95. The van der Waals surface area contributed by atoms with Gasteiger partial charge in [0.25, 0.3) is 0 Å². The summed E-state index contributed by atoms with van der Waals surface area (Å²) in [5.74, 6) is -2.07. The molecule has 0 radical (unpaired) electrons. The maximum atomic E-state index is 11.2. The van der Waals surface area contributed by atoms with Gasteiger partial charge in [-0.25, -0.2) is 4.79 Å². The molecule has 0 aliphatic carbocycles. The minimum absolute atomic E-state index is 0.271. The van der Waals surface area contributed by atoms with Crippen molar-refractivity contribution in [3.63, 3.8) is 0 Å². The molecule has 0 aliphatic rings. The van der Waals surface area contributed by atoms with E-state index in [-0.39, 0.29) is 17.0 Å². The van der Waals surface area contributed by atoms with Gasteiger partial charge in [-0.05, 0) is 25.1 Å². The van der Waals surface area contributed by atoms with E-state index in [4.69, 9.17) is 16.7 Å². The summed E-state index contributed by atoms with van der Waals surface area (Å²) in [5, 5.41) is 19.7. The number of alkyl halides is 1. The highest BCUT2D eigenvalue weighted by Gasteiger charge is 2.13. The normalized spacial score (nSPS) is 11.9. The summed E-state index contributed by atoms with van der Waals surface area (Å²) >= 11 is 5.53. The highest BCUT2D eigenvalue weighted by molar-refractivity contribution is 6.32. The Morgan fingerprint density at radius 1 is 1.44 bits per heavy atom. The fourth-order valence-electron chi connectivity index (χ4n) is 1.03. The summed E-state index contributed by atoms with van der Waals surface area (Å²) in [6.07, 6.45) is 0. The van der Waals surface area contributed by atoms with E-state index < -0.39 is 17.3 Å². The maximum absolute atomic E-state index is 11.2. The third kappa shape index (κ3) is 2.87. The van der Waals surface area contributed by atoms with E-state index in [0.29, 0.717) is 0 Å². The number of carboxylic acids is 1. The van der Waals surface area contributed by atoms with Gasteiger partial charge in [0.05, 0.1) is 0 Å². The molecule has 0 spiro atoms. The minimum atomic E-state index is -1.27. The molecule has 1 aromatic carbocycles. The molecule has 1 aromatic rings. The van der Waals surface area contributed by atoms with Crippen LogP contribution < -0.4 is 5.32 Å².